The molecule has 4 aromatic rings. The fourth-order valence-electron chi connectivity index (χ4n) is 5.34. The maximum Gasteiger partial charge on any atom is 0.229 e. The van der Waals surface area contributed by atoms with E-state index in [4.69, 9.17) is 14.1 Å². The summed E-state index contributed by atoms with van der Waals surface area (Å²) >= 11 is 0. The van der Waals surface area contributed by atoms with Crippen LogP contribution in [0, 0.1) is 11.8 Å². The number of aliphatic hydroxyl groups is 1. The van der Waals surface area contributed by atoms with Crippen LogP contribution >= 0.6 is 0 Å². The van der Waals surface area contributed by atoms with Gasteiger partial charge in [-0.15, -0.1) is 0 Å². The number of morpholine rings is 1. The fraction of sp³-hybridized carbons (Fsp3) is 0.429. The lowest BCUT2D eigenvalue weighted by Crippen LogP contribution is -2.41. The van der Waals surface area contributed by atoms with Crippen molar-refractivity contribution in [1.29, 1.82) is 0 Å². The molecule has 0 bridgehead atoms. The van der Waals surface area contributed by atoms with Gasteiger partial charge >= 0.3 is 0 Å². The normalized spacial score (nSPS) is 21.6. The van der Waals surface area contributed by atoms with Crippen molar-refractivity contribution in [2.45, 2.75) is 38.9 Å². The standard InChI is InChI=1S/C28H32N6O4/c1-15-14-34(7-8-37-15)16-5-6-23-22(9-16)32-27(38-23)20-13-31-25(29-4)19-12-30-24(11-17(19)20)33-26(35)18-10-21(18)28(2,3)36/h5-6,9,11-13,15,18,21,36H,7-8,10,14H2,1-4H3,(H,29,31)(H,30,33,35)/t15-,18?,21?/m0/s1. The predicted molar refractivity (Wildman–Crippen MR) is 146 cm³/mol. The van der Waals surface area contributed by atoms with Gasteiger partial charge < -0.3 is 29.8 Å². The maximum absolute atomic E-state index is 12.8. The average molecular weight is 517 g/mol. The van der Waals surface area contributed by atoms with Gasteiger partial charge in [0.2, 0.25) is 11.8 Å². The number of anilines is 3. The average Bonchev–Trinajstić information content (AvgIpc) is 3.61. The van der Waals surface area contributed by atoms with Crippen LogP contribution in [0.3, 0.4) is 0 Å². The SMILES string of the molecule is CNc1ncc(-c2nc3cc(N4CCO[C@@H](C)C4)ccc3o2)c2cc(NC(=O)C3CC3C(C)(C)O)ncc12. The first-order valence-corrected chi connectivity index (χ1v) is 13.0. The van der Waals surface area contributed by atoms with E-state index in [0.717, 1.165) is 35.1 Å². The van der Waals surface area contributed by atoms with E-state index >= 15 is 0 Å². The van der Waals surface area contributed by atoms with Gasteiger partial charge in [0.25, 0.3) is 0 Å². The van der Waals surface area contributed by atoms with Crippen molar-refractivity contribution in [3.05, 3.63) is 36.7 Å². The second kappa shape index (κ2) is 9.21. The number of ether oxygens (including phenoxy) is 1. The van der Waals surface area contributed by atoms with Crippen molar-refractivity contribution in [3.8, 4) is 11.5 Å². The summed E-state index contributed by atoms with van der Waals surface area (Å²) in [6.07, 6.45) is 4.25. The molecule has 1 aliphatic carbocycles. The van der Waals surface area contributed by atoms with E-state index in [0.29, 0.717) is 41.7 Å². The van der Waals surface area contributed by atoms with Crippen LogP contribution in [0.2, 0.25) is 0 Å². The third kappa shape index (κ3) is 4.54. The molecule has 1 aromatic carbocycles. The number of fused-ring (bicyclic) bond motifs is 2. The molecular formula is C28H32N6O4. The van der Waals surface area contributed by atoms with Gasteiger partial charge in [0, 0.05) is 54.9 Å². The molecule has 1 aliphatic heterocycles. The summed E-state index contributed by atoms with van der Waals surface area (Å²) in [6.45, 7) is 7.91. The van der Waals surface area contributed by atoms with Crippen molar-refractivity contribution >= 4 is 45.1 Å². The third-order valence-corrected chi connectivity index (χ3v) is 7.50. The molecule has 0 spiro atoms. The number of nitrogens with zero attached hydrogens (tertiary/aromatic N) is 4. The van der Waals surface area contributed by atoms with Gasteiger partial charge in [-0.25, -0.2) is 15.0 Å². The number of amides is 1. The van der Waals surface area contributed by atoms with Gasteiger partial charge in [-0.05, 0) is 57.4 Å². The highest BCUT2D eigenvalue weighted by molar-refractivity contribution is 6.03. The number of nitrogens with one attached hydrogen (secondary N) is 2. The summed E-state index contributed by atoms with van der Waals surface area (Å²) in [5.74, 6) is 1.12. The first-order chi connectivity index (χ1) is 18.2. The van der Waals surface area contributed by atoms with Crippen molar-refractivity contribution in [2.75, 3.05) is 42.3 Å². The predicted octanol–water partition coefficient (Wildman–Crippen LogP) is 4.05. The molecule has 2 unspecified atom stereocenters. The summed E-state index contributed by atoms with van der Waals surface area (Å²) in [5.41, 5.74) is 2.35. The van der Waals surface area contributed by atoms with Crippen molar-refractivity contribution in [1.82, 2.24) is 15.0 Å². The summed E-state index contributed by atoms with van der Waals surface area (Å²) in [7, 11) is 1.80. The minimum absolute atomic E-state index is 0.0519. The molecule has 1 saturated heterocycles. The first-order valence-electron chi connectivity index (χ1n) is 13.0. The number of hydrogen-bond donors (Lipinski definition) is 3. The number of pyridine rings is 2. The van der Waals surface area contributed by atoms with Crippen LogP contribution in [0.15, 0.2) is 41.1 Å². The Hall–Kier alpha value is -3.76. The van der Waals surface area contributed by atoms with E-state index in [1.54, 1.807) is 33.3 Å². The molecule has 3 atom stereocenters. The van der Waals surface area contributed by atoms with Crippen LogP contribution in [0.1, 0.15) is 27.2 Å². The Balaban J connectivity index is 1.34. The Morgan fingerprint density at radius 3 is 2.76 bits per heavy atom. The molecule has 10 nitrogen and oxygen atoms in total. The lowest BCUT2D eigenvalue weighted by atomic mass is 10.0. The summed E-state index contributed by atoms with van der Waals surface area (Å²) in [6, 6.07) is 7.86. The quantitative estimate of drug-likeness (QED) is 0.348. The Labute approximate surface area is 220 Å². The molecule has 1 saturated carbocycles. The highest BCUT2D eigenvalue weighted by Gasteiger charge is 2.51. The zero-order valence-electron chi connectivity index (χ0n) is 22.0. The fourth-order valence-corrected chi connectivity index (χ4v) is 5.34. The van der Waals surface area contributed by atoms with Gasteiger partial charge in [0.1, 0.15) is 17.2 Å². The van der Waals surface area contributed by atoms with Crippen LogP contribution in [-0.2, 0) is 9.53 Å². The van der Waals surface area contributed by atoms with Gasteiger partial charge in [-0.1, -0.05) is 0 Å². The van der Waals surface area contributed by atoms with Crippen molar-refractivity contribution < 1.29 is 19.1 Å². The largest absolute Gasteiger partial charge is 0.436 e. The number of carbonyl (C=O) groups is 1. The molecule has 3 aromatic heterocycles. The van der Waals surface area contributed by atoms with Crippen molar-refractivity contribution in [3.63, 3.8) is 0 Å². The molecule has 3 N–H and O–H groups in total. The molecule has 38 heavy (non-hydrogen) atoms. The topological polar surface area (TPSA) is 126 Å². The minimum atomic E-state index is -0.883. The van der Waals surface area contributed by atoms with E-state index in [-0.39, 0.29) is 23.8 Å². The molecule has 2 aliphatic rings. The monoisotopic (exact) mass is 516 g/mol. The maximum atomic E-state index is 12.8. The van der Waals surface area contributed by atoms with Crippen LogP contribution in [0.25, 0.3) is 33.3 Å². The van der Waals surface area contributed by atoms with Crippen LogP contribution in [-0.4, -0.2) is 64.4 Å². The number of benzene rings is 1. The van der Waals surface area contributed by atoms with Gasteiger partial charge in [-0.3, -0.25) is 4.79 Å². The molecule has 1 amide bonds. The summed E-state index contributed by atoms with van der Waals surface area (Å²) in [4.78, 5) is 28.9. The van der Waals surface area contributed by atoms with Crippen molar-refractivity contribution in [2.24, 2.45) is 11.8 Å². The third-order valence-electron chi connectivity index (χ3n) is 7.50. The zero-order chi connectivity index (χ0) is 26.6. The number of hydrogen-bond acceptors (Lipinski definition) is 9. The number of oxazole rings is 1. The van der Waals surface area contributed by atoms with E-state index in [9.17, 15) is 9.90 Å². The molecular weight excluding hydrogens is 484 g/mol. The van der Waals surface area contributed by atoms with Crippen LogP contribution in [0.4, 0.5) is 17.3 Å². The Morgan fingerprint density at radius 1 is 1.18 bits per heavy atom. The molecule has 10 heteroatoms. The second-order valence-electron chi connectivity index (χ2n) is 10.8. The van der Waals surface area contributed by atoms with Gasteiger partial charge in [0.15, 0.2) is 5.58 Å². The van der Waals surface area contributed by atoms with Crippen LogP contribution in [0.5, 0.6) is 0 Å². The van der Waals surface area contributed by atoms with E-state index in [2.05, 4.69) is 32.4 Å². The highest BCUT2D eigenvalue weighted by atomic mass is 16.5. The highest BCUT2D eigenvalue weighted by Crippen LogP contribution is 2.46. The molecule has 4 heterocycles. The van der Waals surface area contributed by atoms with Crippen LogP contribution < -0.4 is 15.5 Å². The number of aromatic nitrogens is 3. The van der Waals surface area contributed by atoms with E-state index < -0.39 is 5.60 Å². The molecule has 198 valence electrons. The molecule has 6 rings (SSSR count). The van der Waals surface area contributed by atoms with Gasteiger partial charge in [-0.2, -0.15) is 0 Å². The summed E-state index contributed by atoms with van der Waals surface area (Å²) in [5, 5.41) is 17.8. The Bertz CT molecular complexity index is 1530. The summed E-state index contributed by atoms with van der Waals surface area (Å²) < 4.78 is 11.8. The second-order valence-corrected chi connectivity index (χ2v) is 10.8. The van der Waals surface area contributed by atoms with E-state index in [1.807, 2.05) is 24.3 Å². The van der Waals surface area contributed by atoms with Gasteiger partial charge in [0.05, 0.1) is 23.9 Å². The molecule has 2 fully saturated rings. The Kier molecular flexibility index (Phi) is 5.96. The van der Waals surface area contributed by atoms with E-state index in [1.165, 1.54) is 0 Å². The number of rotatable bonds is 6. The number of carbonyl (C=O) groups excluding carboxylic acids is 1. The lowest BCUT2D eigenvalue weighted by molar-refractivity contribution is -0.118. The smallest absolute Gasteiger partial charge is 0.229 e. The zero-order valence-corrected chi connectivity index (χ0v) is 22.0. The lowest BCUT2D eigenvalue weighted by Gasteiger charge is -2.32. The Morgan fingerprint density at radius 2 is 2.03 bits per heavy atom. The minimum Gasteiger partial charge on any atom is -0.436 e. The first kappa shape index (κ1) is 24.6. The molecule has 0 radical (unpaired) electrons.